The van der Waals surface area contributed by atoms with E-state index in [-0.39, 0.29) is 0 Å². The van der Waals surface area contributed by atoms with Crippen LogP contribution >= 0.6 is 11.6 Å². The fourth-order valence-corrected chi connectivity index (χ4v) is 1.73. The van der Waals surface area contributed by atoms with Gasteiger partial charge in [-0.3, -0.25) is 0 Å². The normalized spacial score (nSPS) is 12.7. The van der Waals surface area contributed by atoms with E-state index in [1.807, 2.05) is 19.2 Å². The lowest BCUT2D eigenvalue weighted by Gasteiger charge is -2.10. The van der Waals surface area contributed by atoms with Crippen LogP contribution < -0.4 is 5.32 Å². The number of aryl methyl sites for hydroxylation is 1. The van der Waals surface area contributed by atoms with Crippen molar-refractivity contribution >= 4 is 11.6 Å². The number of hydrogen-bond acceptors (Lipinski definition) is 1. The lowest BCUT2D eigenvalue weighted by molar-refractivity contribution is 0.482. The zero-order chi connectivity index (χ0) is 11.1. The summed E-state index contributed by atoms with van der Waals surface area (Å²) in [6.45, 7) is 3.43. The minimum Gasteiger partial charge on any atom is -0.320 e. The molecule has 0 amide bonds. The molecule has 0 aliphatic heterocycles. The van der Waals surface area contributed by atoms with Gasteiger partial charge in [0, 0.05) is 5.02 Å². The van der Waals surface area contributed by atoms with Crippen LogP contribution in [0.25, 0.3) is 0 Å². The molecule has 15 heavy (non-hydrogen) atoms. The Morgan fingerprint density at radius 1 is 1.20 bits per heavy atom. The fraction of sp³-hybridized carbons (Fsp3) is 0.538. The maximum absolute atomic E-state index is 5.83. The van der Waals surface area contributed by atoms with Crippen LogP contribution in [0.1, 0.15) is 25.3 Å². The van der Waals surface area contributed by atoms with E-state index in [9.17, 15) is 0 Å². The van der Waals surface area contributed by atoms with Gasteiger partial charge in [0.25, 0.3) is 0 Å². The van der Waals surface area contributed by atoms with Crippen molar-refractivity contribution < 1.29 is 0 Å². The molecular formula is C13H20ClN. The van der Waals surface area contributed by atoms with Gasteiger partial charge in [0.15, 0.2) is 0 Å². The predicted molar refractivity (Wildman–Crippen MR) is 67.5 cm³/mol. The van der Waals surface area contributed by atoms with Crippen molar-refractivity contribution in [3.8, 4) is 0 Å². The maximum Gasteiger partial charge on any atom is 0.0406 e. The van der Waals surface area contributed by atoms with E-state index in [1.54, 1.807) is 0 Å². The lowest BCUT2D eigenvalue weighted by Crippen LogP contribution is -2.11. The molecule has 1 aromatic rings. The smallest absolute Gasteiger partial charge is 0.0406 e. The molecule has 1 nitrogen and oxygen atoms in total. The Kier molecular flexibility index (Phi) is 5.74. The summed E-state index contributed by atoms with van der Waals surface area (Å²) in [6.07, 6.45) is 3.66. The van der Waals surface area contributed by atoms with Gasteiger partial charge in [-0.2, -0.15) is 0 Å². The molecule has 0 aliphatic carbocycles. The Balaban J connectivity index is 2.27. The van der Waals surface area contributed by atoms with Crippen LogP contribution in [-0.2, 0) is 6.42 Å². The Morgan fingerprint density at radius 3 is 2.47 bits per heavy atom. The molecule has 0 heterocycles. The van der Waals surface area contributed by atoms with E-state index in [0.717, 1.165) is 23.9 Å². The quantitative estimate of drug-likeness (QED) is 0.781. The molecule has 1 rings (SSSR count). The summed E-state index contributed by atoms with van der Waals surface area (Å²) in [5, 5.41) is 4.01. The number of hydrogen-bond donors (Lipinski definition) is 1. The average molecular weight is 226 g/mol. The summed E-state index contributed by atoms with van der Waals surface area (Å²) < 4.78 is 0. The van der Waals surface area contributed by atoms with E-state index >= 15 is 0 Å². The monoisotopic (exact) mass is 225 g/mol. The first-order chi connectivity index (χ1) is 7.22. The van der Waals surface area contributed by atoms with Crippen molar-refractivity contribution in [2.45, 2.75) is 26.2 Å². The molecule has 0 spiro atoms. The van der Waals surface area contributed by atoms with Crippen molar-refractivity contribution in [1.82, 2.24) is 5.32 Å². The zero-order valence-electron chi connectivity index (χ0n) is 9.59. The van der Waals surface area contributed by atoms with Crippen LogP contribution in [0.2, 0.25) is 5.02 Å². The molecule has 0 aromatic heterocycles. The number of rotatable bonds is 6. The van der Waals surface area contributed by atoms with Crippen molar-refractivity contribution in [2.75, 3.05) is 13.6 Å². The summed E-state index contributed by atoms with van der Waals surface area (Å²) in [6, 6.07) is 8.17. The molecule has 1 atom stereocenters. The number of benzene rings is 1. The molecule has 0 radical (unpaired) electrons. The third-order valence-electron chi connectivity index (χ3n) is 2.73. The molecule has 2 heteroatoms. The number of nitrogens with one attached hydrogen (secondary N) is 1. The molecule has 1 unspecified atom stereocenters. The lowest BCUT2D eigenvalue weighted by atomic mass is 9.98. The first-order valence-electron chi connectivity index (χ1n) is 5.61. The highest BCUT2D eigenvalue weighted by Gasteiger charge is 2.02. The van der Waals surface area contributed by atoms with Gasteiger partial charge in [-0.05, 0) is 56.5 Å². The van der Waals surface area contributed by atoms with Crippen LogP contribution in [0, 0.1) is 5.92 Å². The molecule has 0 saturated carbocycles. The van der Waals surface area contributed by atoms with Gasteiger partial charge in [0.1, 0.15) is 0 Å². The van der Waals surface area contributed by atoms with Gasteiger partial charge in [-0.1, -0.05) is 30.7 Å². The van der Waals surface area contributed by atoms with Gasteiger partial charge < -0.3 is 5.32 Å². The fourth-order valence-electron chi connectivity index (χ4n) is 1.60. The van der Waals surface area contributed by atoms with E-state index in [2.05, 4.69) is 24.4 Å². The second-order valence-corrected chi connectivity index (χ2v) is 4.60. The van der Waals surface area contributed by atoms with Crippen molar-refractivity contribution in [3.63, 3.8) is 0 Å². The summed E-state index contributed by atoms with van der Waals surface area (Å²) in [7, 11) is 2.01. The topological polar surface area (TPSA) is 12.0 Å². The summed E-state index contributed by atoms with van der Waals surface area (Å²) in [4.78, 5) is 0. The molecule has 84 valence electrons. The summed E-state index contributed by atoms with van der Waals surface area (Å²) in [5.41, 5.74) is 1.38. The number of halogens is 1. The minimum atomic E-state index is 0.785. The second-order valence-electron chi connectivity index (χ2n) is 4.16. The van der Waals surface area contributed by atoms with E-state index in [1.165, 1.54) is 18.4 Å². The van der Waals surface area contributed by atoms with Gasteiger partial charge in [-0.25, -0.2) is 0 Å². The van der Waals surface area contributed by atoms with Crippen LogP contribution in [-0.4, -0.2) is 13.6 Å². The maximum atomic E-state index is 5.83. The molecule has 1 aromatic carbocycles. The van der Waals surface area contributed by atoms with E-state index < -0.39 is 0 Å². The zero-order valence-corrected chi connectivity index (χ0v) is 10.3. The van der Waals surface area contributed by atoms with Gasteiger partial charge in [-0.15, -0.1) is 0 Å². The first-order valence-corrected chi connectivity index (χ1v) is 5.99. The highest BCUT2D eigenvalue weighted by atomic mass is 35.5. The molecule has 0 bridgehead atoms. The standard InChI is InChI=1S/C13H20ClN/c1-11(9-10-15-2)3-4-12-5-7-13(14)8-6-12/h5-8,11,15H,3-4,9-10H2,1-2H3. The van der Waals surface area contributed by atoms with E-state index in [0.29, 0.717) is 0 Å². The predicted octanol–water partition coefficient (Wildman–Crippen LogP) is 3.52. The van der Waals surface area contributed by atoms with Crippen LogP contribution in [0.4, 0.5) is 0 Å². The van der Waals surface area contributed by atoms with Crippen molar-refractivity contribution in [2.24, 2.45) is 5.92 Å². The van der Waals surface area contributed by atoms with Crippen molar-refractivity contribution in [3.05, 3.63) is 34.9 Å². The first kappa shape index (κ1) is 12.5. The highest BCUT2D eigenvalue weighted by molar-refractivity contribution is 6.30. The van der Waals surface area contributed by atoms with Crippen LogP contribution in [0.5, 0.6) is 0 Å². The Hall–Kier alpha value is -0.530. The summed E-state index contributed by atoms with van der Waals surface area (Å²) >= 11 is 5.83. The molecule has 0 aliphatic rings. The van der Waals surface area contributed by atoms with Gasteiger partial charge in [0.05, 0.1) is 0 Å². The molecule has 0 fully saturated rings. The molecule has 0 saturated heterocycles. The molecule has 1 N–H and O–H groups in total. The summed E-state index contributed by atoms with van der Waals surface area (Å²) in [5.74, 6) is 0.785. The van der Waals surface area contributed by atoms with E-state index in [4.69, 9.17) is 11.6 Å². The minimum absolute atomic E-state index is 0.785. The second kappa shape index (κ2) is 6.86. The largest absolute Gasteiger partial charge is 0.320 e. The van der Waals surface area contributed by atoms with Crippen molar-refractivity contribution in [1.29, 1.82) is 0 Å². The highest BCUT2D eigenvalue weighted by Crippen LogP contribution is 2.14. The third-order valence-corrected chi connectivity index (χ3v) is 2.98. The van der Waals surface area contributed by atoms with Crippen LogP contribution in [0.3, 0.4) is 0 Å². The Bertz CT molecular complexity index is 268. The Labute approximate surface area is 97.8 Å². The van der Waals surface area contributed by atoms with Crippen LogP contribution in [0.15, 0.2) is 24.3 Å². The van der Waals surface area contributed by atoms with Gasteiger partial charge in [0.2, 0.25) is 0 Å². The average Bonchev–Trinajstić information content (AvgIpc) is 2.25. The molecular weight excluding hydrogens is 206 g/mol. The Morgan fingerprint density at radius 2 is 1.87 bits per heavy atom. The SMILES string of the molecule is CNCCC(C)CCc1ccc(Cl)cc1. The van der Waals surface area contributed by atoms with Gasteiger partial charge >= 0.3 is 0 Å². The third kappa shape index (κ3) is 5.19.